The van der Waals surface area contributed by atoms with Gasteiger partial charge in [0.1, 0.15) is 0 Å². The largest absolute Gasteiger partial charge is 0.392 e. The molecule has 0 aromatic heterocycles. The summed E-state index contributed by atoms with van der Waals surface area (Å²) in [5, 5.41) is 15.0. The molecule has 3 N–H and O–H groups in total. The molecule has 0 unspecified atom stereocenters. The summed E-state index contributed by atoms with van der Waals surface area (Å²) in [5.41, 5.74) is 4.01. The van der Waals surface area contributed by atoms with Gasteiger partial charge in [-0.3, -0.25) is 14.5 Å². The molecular formula is C22H27N3O3. The van der Waals surface area contributed by atoms with Crippen LogP contribution in [-0.2, 0) is 17.9 Å². The number of nitrogens with one attached hydrogen (secondary N) is 2. The van der Waals surface area contributed by atoms with E-state index in [9.17, 15) is 14.7 Å². The minimum atomic E-state index is -0.176. The summed E-state index contributed by atoms with van der Waals surface area (Å²) in [6, 6.07) is 13.1. The Morgan fingerprint density at radius 3 is 2.75 bits per heavy atom. The van der Waals surface area contributed by atoms with Crippen molar-refractivity contribution in [2.45, 2.75) is 26.5 Å². The number of rotatable bonds is 6. The van der Waals surface area contributed by atoms with E-state index in [4.69, 9.17) is 0 Å². The second-order valence-electron chi connectivity index (χ2n) is 7.24. The van der Waals surface area contributed by atoms with Gasteiger partial charge in [0.25, 0.3) is 5.91 Å². The van der Waals surface area contributed by atoms with Gasteiger partial charge in [0.2, 0.25) is 5.91 Å². The van der Waals surface area contributed by atoms with Crippen LogP contribution in [0.2, 0.25) is 0 Å². The Morgan fingerprint density at radius 1 is 1.21 bits per heavy atom. The van der Waals surface area contributed by atoms with Crippen LogP contribution in [0.15, 0.2) is 42.5 Å². The van der Waals surface area contributed by atoms with Crippen LogP contribution >= 0.6 is 0 Å². The zero-order valence-electron chi connectivity index (χ0n) is 16.4. The van der Waals surface area contributed by atoms with Crippen molar-refractivity contribution in [2.24, 2.45) is 5.92 Å². The summed E-state index contributed by atoms with van der Waals surface area (Å²) in [5.74, 6) is -0.0425. The Balaban J connectivity index is 1.66. The highest BCUT2D eigenvalue weighted by Gasteiger charge is 2.27. The Labute approximate surface area is 165 Å². The number of hydrogen-bond acceptors (Lipinski definition) is 4. The fraction of sp³-hybridized carbons (Fsp3) is 0.364. The molecule has 0 aliphatic carbocycles. The number of amides is 2. The second kappa shape index (κ2) is 8.99. The van der Waals surface area contributed by atoms with Gasteiger partial charge in [-0.05, 0) is 54.8 Å². The SMILES string of the molecule is CNC(=O)[C@H]1CCN(Cc2cccc(C(=O)Nc3cccc(CO)c3C)c2)C1. The lowest BCUT2D eigenvalue weighted by Crippen LogP contribution is -2.30. The number of nitrogens with zero attached hydrogens (tertiary/aromatic N) is 1. The summed E-state index contributed by atoms with van der Waals surface area (Å²) in [7, 11) is 1.67. The third-order valence-electron chi connectivity index (χ3n) is 5.35. The van der Waals surface area contributed by atoms with Gasteiger partial charge in [0.05, 0.1) is 12.5 Å². The summed E-state index contributed by atoms with van der Waals surface area (Å²) < 4.78 is 0. The van der Waals surface area contributed by atoms with Crippen LogP contribution in [0, 0.1) is 12.8 Å². The first kappa shape index (κ1) is 20.0. The molecular weight excluding hydrogens is 354 g/mol. The van der Waals surface area contributed by atoms with Gasteiger partial charge in [0, 0.05) is 31.4 Å². The third-order valence-corrected chi connectivity index (χ3v) is 5.35. The highest BCUT2D eigenvalue weighted by atomic mass is 16.3. The zero-order chi connectivity index (χ0) is 20.1. The van der Waals surface area contributed by atoms with Crippen LogP contribution in [0.5, 0.6) is 0 Å². The van der Waals surface area contributed by atoms with E-state index in [1.165, 1.54) is 0 Å². The van der Waals surface area contributed by atoms with Crippen LogP contribution in [0.1, 0.15) is 33.5 Å². The number of benzene rings is 2. The highest BCUT2D eigenvalue weighted by molar-refractivity contribution is 6.04. The molecule has 6 heteroatoms. The van der Waals surface area contributed by atoms with E-state index in [0.29, 0.717) is 17.8 Å². The Kier molecular flexibility index (Phi) is 6.44. The highest BCUT2D eigenvalue weighted by Crippen LogP contribution is 2.21. The first-order chi connectivity index (χ1) is 13.5. The molecule has 1 heterocycles. The summed E-state index contributed by atoms with van der Waals surface area (Å²) in [4.78, 5) is 26.7. The number of carbonyl (C=O) groups is 2. The van der Waals surface area contributed by atoms with Crippen LogP contribution in [0.4, 0.5) is 5.69 Å². The van der Waals surface area contributed by atoms with Crippen molar-refractivity contribution >= 4 is 17.5 Å². The average Bonchev–Trinajstić information content (AvgIpc) is 3.17. The van der Waals surface area contributed by atoms with Gasteiger partial charge in [-0.2, -0.15) is 0 Å². The number of carbonyl (C=O) groups excluding carboxylic acids is 2. The van der Waals surface area contributed by atoms with Crippen LogP contribution in [-0.4, -0.2) is 42.0 Å². The fourth-order valence-electron chi connectivity index (χ4n) is 3.65. The van der Waals surface area contributed by atoms with Gasteiger partial charge < -0.3 is 15.7 Å². The molecule has 2 aromatic rings. The van der Waals surface area contributed by atoms with Gasteiger partial charge >= 0.3 is 0 Å². The molecule has 28 heavy (non-hydrogen) atoms. The Morgan fingerprint density at radius 2 is 2.00 bits per heavy atom. The normalized spacial score (nSPS) is 16.8. The van der Waals surface area contributed by atoms with Crippen molar-refractivity contribution in [3.63, 3.8) is 0 Å². The molecule has 1 saturated heterocycles. The van der Waals surface area contributed by atoms with Gasteiger partial charge in [-0.25, -0.2) is 0 Å². The smallest absolute Gasteiger partial charge is 0.255 e. The zero-order valence-corrected chi connectivity index (χ0v) is 16.4. The van der Waals surface area contributed by atoms with Crippen molar-refractivity contribution in [2.75, 3.05) is 25.5 Å². The first-order valence-electron chi connectivity index (χ1n) is 9.55. The van der Waals surface area contributed by atoms with Crippen molar-refractivity contribution < 1.29 is 14.7 Å². The van der Waals surface area contributed by atoms with Gasteiger partial charge in [-0.15, -0.1) is 0 Å². The molecule has 2 amide bonds. The molecule has 1 fully saturated rings. The van der Waals surface area contributed by atoms with Crippen molar-refractivity contribution in [3.05, 3.63) is 64.7 Å². The average molecular weight is 381 g/mol. The number of aliphatic hydroxyl groups is 1. The molecule has 0 bridgehead atoms. The maximum atomic E-state index is 12.7. The molecule has 3 rings (SSSR count). The van der Waals surface area contributed by atoms with E-state index in [0.717, 1.165) is 36.2 Å². The summed E-state index contributed by atoms with van der Waals surface area (Å²) >= 11 is 0. The molecule has 1 aliphatic rings. The fourth-order valence-corrected chi connectivity index (χ4v) is 3.65. The first-order valence-corrected chi connectivity index (χ1v) is 9.55. The Hall–Kier alpha value is -2.70. The topological polar surface area (TPSA) is 81.7 Å². The number of hydrogen-bond donors (Lipinski definition) is 3. The maximum Gasteiger partial charge on any atom is 0.255 e. The third kappa shape index (κ3) is 4.58. The molecule has 0 saturated carbocycles. The minimum absolute atomic E-state index is 0.0401. The van der Waals surface area contributed by atoms with E-state index >= 15 is 0 Å². The van der Waals surface area contributed by atoms with E-state index in [2.05, 4.69) is 15.5 Å². The molecule has 6 nitrogen and oxygen atoms in total. The quantitative estimate of drug-likeness (QED) is 0.717. The molecule has 0 radical (unpaired) electrons. The lowest BCUT2D eigenvalue weighted by molar-refractivity contribution is -0.124. The molecule has 2 aromatic carbocycles. The number of aliphatic hydroxyl groups excluding tert-OH is 1. The standard InChI is InChI=1S/C22H27N3O3/c1-15-19(14-26)7-4-8-20(15)24-22(28)17-6-3-5-16(11-17)12-25-10-9-18(13-25)21(27)23-2/h3-8,11,18,26H,9-10,12-14H2,1-2H3,(H,23,27)(H,24,28)/t18-/m0/s1. The lowest BCUT2D eigenvalue weighted by atomic mass is 10.1. The number of likely N-dealkylation sites (tertiary alicyclic amines) is 1. The summed E-state index contributed by atoms with van der Waals surface area (Å²) in [6.07, 6.45) is 0.861. The predicted molar refractivity (Wildman–Crippen MR) is 109 cm³/mol. The number of anilines is 1. The van der Waals surface area contributed by atoms with Crippen molar-refractivity contribution in [3.8, 4) is 0 Å². The van der Waals surface area contributed by atoms with E-state index < -0.39 is 0 Å². The van der Waals surface area contributed by atoms with Crippen molar-refractivity contribution in [1.29, 1.82) is 0 Å². The van der Waals surface area contributed by atoms with Crippen LogP contribution in [0.25, 0.3) is 0 Å². The second-order valence-corrected chi connectivity index (χ2v) is 7.24. The molecule has 1 aliphatic heterocycles. The van der Waals surface area contributed by atoms with E-state index in [-0.39, 0.29) is 24.3 Å². The van der Waals surface area contributed by atoms with E-state index in [1.807, 2.05) is 43.3 Å². The summed E-state index contributed by atoms with van der Waals surface area (Å²) in [6.45, 7) is 4.16. The van der Waals surface area contributed by atoms with Crippen molar-refractivity contribution in [1.82, 2.24) is 10.2 Å². The Bertz CT molecular complexity index is 866. The minimum Gasteiger partial charge on any atom is -0.392 e. The van der Waals surface area contributed by atoms with Gasteiger partial charge in [0.15, 0.2) is 0 Å². The van der Waals surface area contributed by atoms with Crippen LogP contribution in [0.3, 0.4) is 0 Å². The molecule has 0 spiro atoms. The van der Waals surface area contributed by atoms with Gasteiger partial charge in [-0.1, -0.05) is 24.3 Å². The molecule has 1 atom stereocenters. The van der Waals surface area contributed by atoms with E-state index in [1.54, 1.807) is 13.1 Å². The maximum absolute atomic E-state index is 12.7. The van der Waals surface area contributed by atoms with Crippen LogP contribution < -0.4 is 10.6 Å². The molecule has 148 valence electrons. The lowest BCUT2D eigenvalue weighted by Gasteiger charge is -2.16. The predicted octanol–water partition coefficient (Wildman–Crippen LogP) is 2.31. The monoisotopic (exact) mass is 381 g/mol.